The van der Waals surface area contributed by atoms with Crippen LogP contribution in [0.15, 0.2) is 41.5 Å². The molecule has 2 fully saturated rings. The van der Waals surface area contributed by atoms with Gasteiger partial charge in [0, 0.05) is 50.1 Å². The number of aromatic nitrogens is 3. The van der Waals surface area contributed by atoms with Gasteiger partial charge in [-0.3, -0.25) is 14.6 Å². The van der Waals surface area contributed by atoms with Crippen LogP contribution in [0.3, 0.4) is 0 Å². The Morgan fingerprint density at radius 2 is 1.75 bits per heavy atom. The first-order valence-electron chi connectivity index (χ1n) is 10.1. The van der Waals surface area contributed by atoms with Gasteiger partial charge in [-0.1, -0.05) is 0 Å². The van der Waals surface area contributed by atoms with E-state index in [9.17, 15) is 9.59 Å². The fourth-order valence-corrected chi connectivity index (χ4v) is 4.16. The summed E-state index contributed by atoms with van der Waals surface area (Å²) in [4.78, 5) is 30.1. The summed E-state index contributed by atoms with van der Waals surface area (Å²) in [6.07, 6.45) is 7.27. The molecule has 1 N–H and O–H groups in total. The van der Waals surface area contributed by atoms with Crippen molar-refractivity contribution < 1.29 is 4.79 Å². The Kier molecular flexibility index (Phi) is 5.81. The third-order valence-corrected chi connectivity index (χ3v) is 5.86. The van der Waals surface area contributed by atoms with Crippen LogP contribution in [0.25, 0.3) is 11.3 Å². The molecule has 148 valence electrons. The molecule has 28 heavy (non-hydrogen) atoms. The number of carbonyl (C=O) groups excluding carboxylic acids is 1. The third kappa shape index (κ3) is 4.65. The van der Waals surface area contributed by atoms with Crippen LogP contribution in [-0.2, 0) is 11.3 Å². The largest absolute Gasteiger partial charge is 0.356 e. The summed E-state index contributed by atoms with van der Waals surface area (Å²) in [5, 5.41) is 7.55. The molecule has 1 amide bonds. The lowest BCUT2D eigenvalue weighted by molar-refractivity contribution is -0.123. The minimum Gasteiger partial charge on any atom is -0.356 e. The van der Waals surface area contributed by atoms with Crippen molar-refractivity contribution in [2.75, 3.05) is 26.2 Å². The zero-order valence-corrected chi connectivity index (χ0v) is 16.1. The van der Waals surface area contributed by atoms with Gasteiger partial charge in [-0.2, -0.15) is 5.10 Å². The first-order chi connectivity index (χ1) is 13.7. The molecule has 0 radical (unpaired) electrons. The normalized spacial score (nSPS) is 21.4. The Morgan fingerprint density at radius 3 is 2.46 bits per heavy atom. The van der Waals surface area contributed by atoms with Crippen LogP contribution < -0.4 is 10.9 Å². The zero-order chi connectivity index (χ0) is 19.3. The van der Waals surface area contributed by atoms with Gasteiger partial charge in [-0.15, -0.1) is 0 Å². The molecule has 0 spiro atoms. The molecule has 7 nitrogen and oxygen atoms in total. The smallest absolute Gasteiger partial charge is 0.266 e. The van der Waals surface area contributed by atoms with E-state index in [-0.39, 0.29) is 11.5 Å². The van der Waals surface area contributed by atoms with E-state index >= 15 is 0 Å². The van der Waals surface area contributed by atoms with Gasteiger partial charge >= 0.3 is 0 Å². The van der Waals surface area contributed by atoms with Crippen molar-refractivity contribution in [3.8, 4) is 11.3 Å². The summed E-state index contributed by atoms with van der Waals surface area (Å²) in [5.41, 5.74) is 1.73. The van der Waals surface area contributed by atoms with Crippen molar-refractivity contribution in [1.82, 2.24) is 25.0 Å². The number of hydrogen-bond acceptors (Lipinski definition) is 5. The van der Waals surface area contributed by atoms with E-state index < -0.39 is 0 Å². The van der Waals surface area contributed by atoms with E-state index in [1.54, 1.807) is 29.2 Å². The van der Waals surface area contributed by atoms with Crippen LogP contribution in [0.5, 0.6) is 0 Å². The molecule has 4 heterocycles. The Bertz CT molecular complexity index is 849. The fraction of sp³-hybridized carbons (Fsp3) is 0.524. The number of nitrogens with zero attached hydrogens (tertiary/aromatic N) is 4. The van der Waals surface area contributed by atoms with Crippen LogP contribution in [0.2, 0.25) is 0 Å². The number of rotatable bonds is 5. The second-order valence-electron chi connectivity index (χ2n) is 7.93. The van der Waals surface area contributed by atoms with Crippen molar-refractivity contribution in [2.45, 2.75) is 32.2 Å². The predicted octanol–water partition coefficient (Wildman–Crippen LogP) is 1.54. The summed E-state index contributed by atoms with van der Waals surface area (Å²) >= 11 is 0. The third-order valence-electron chi connectivity index (χ3n) is 5.86. The standard InChI is InChI=1S/C21H27N5O2/c27-20-3-1-17(13-23-20)14-25-11-7-16(8-12-25)15-26-21(28)4-2-19(24-26)18-5-9-22-10-6-18/h2,4-6,9-10,16-17H,1,3,7-8,11-15H2,(H,23,27). The molecular weight excluding hydrogens is 354 g/mol. The second kappa shape index (κ2) is 8.65. The number of piperidine rings is 2. The Balaban J connectivity index is 1.32. The maximum absolute atomic E-state index is 12.3. The molecular formula is C21H27N5O2. The van der Waals surface area contributed by atoms with E-state index in [2.05, 4.69) is 20.3 Å². The fourth-order valence-electron chi connectivity index (χ4n) is 4.16. The van der Waals surface area contributed by atoms with Gasteiger partial charge in [-0.25, -0.2) is 4.68 Å². The molecule has 0 saturated carbocycles. The highest BCUT2D eigenvalue weighted by Crippen LogP contribution is 2.21. The van der Waals surface area contributed by atoms with Crippen molar-refractivity contribution in [2.24, 2.45) is 11.8 Å². The van der Waals surface area contributed by atoms with Gasteiger partial charge in [0.2, 0.25) is 5.91 Å². The van der Waals surface area contributed by atoms with Gasteiger partial charge in [0.05, 0.1) is 5.69 Å². The maximum atomic E-state index is 12.3. The van der Waals surface area contributed by atoms with Crippen LogP contribution in [0, 0.1) is 11.8 Å². The molecule has 1 unspecified atom stereocenters. The molecule has 0 aromatic carbocycles. The maximum Gasteiger partial charge on any atom is 0.266 e. The second-order valence-corrected chi connectivity index (χ2v) is 7.93. The molecule has 2 saturated heterocycles. The monoisotopic (exact) mass is 381 g/mol. The van der Waals surface area contributed by atoms with Crippen LogP contribution >= 0.6 is 0 Å². The van der Waals surface area contributed by atoms with Crippen molar-refractivity contribution in [3.63, 3.8) is 0 Å². The summed E-state index contributed by atoms with van der Waals surface area (Å²) in [6.45, 7) is 4.63. The Labute approximate surface area is 164 Å². The first-order valence-corrected chi connectivity index (χ1v) is 10.1. The summed E-state index contributed by atoms with van der Waals surface area (Å²) in [7, 11) is 0. The summed E-state index contributed by atoms with van der Waals surface area (Å²) < 4.78 is 1.62. The number of pyridine rings is 1. The lowest BCUT2D eigenvalue weighted by Crippen LogP contribution is -2.44. The minimum atomic E-state index is -0.0433. The van der Waals surface area contributed by atoms with Gasteiger partial charge in [0.25, 0.3) is 5.56 Å². The lowest BCUT2D eigenvalue weighted by Gasteiger charge is -2.35. The number of likely N-dealkylation sites (tertiary alicyclic amines) is 1. The van der Waals surface area contributed by atoms with Crippen LogP contribution in [0.1, 0.15) is 25.7 Å². The Morgan fingerprint density at radius 1 is 0.964 bits per heavy atom. The molecule has 2 aromatic heterocycles. The zero-order valence-electron chi connectivity index (χ0n) is 16.1. The molecule has 4 rings (SSSR count). The van der Waals surface area contributed by atoms with Gasteiger partial charge in [-0.05, 0) is 62.4 Å². The van der Waals surface area contributed by atoms with Gasteiger partial charge < -0.3 is 10.2 Å². The highest BCUT2D eigenvalue weighted by atomic mass is 16.1. The number of amides is 1. The molecule has 2 aliphatic heterocycles. The minimum absolute atomic E-state index is 0.0433. The highest BCUT2D eigenvalue weighted by Gasteiger charge is 2.25. The molecule has 0 aliphatic carbocycles. The van der Waals surface area contributed by atoms with Crippen molar-refractivity contribution in [1.29, 1.82) is 0 Å². The Hall–Kier alpha value is -2.54. The lowest BCUT2D eigenvalue weighted by atomic mass is 9.94. The number of carbonyl (C=O) groups is 1. The van der Waals surface area contributed by atoms with Gasteiger partial charge in [0.15, 0.2) is 0 Å². The van der Waals surface area contributed by atoms with E-state index in [0.29, 0.717) is 24.8 Å². The van der Waals surface area contributed by atoms with Crippen molar-refractivity contribution >= 4 is 5.91 Å². The van der Waals surface area contributed by atoms with Crippen LogP contribution in [0.4, 0.5) is 0 Å². The molecule has 2 aromatic rings. The summed E-state index contributed by atoms with van der Waals surface area (Å²) in [5.74, 6) is 1.22. The number of hydrogen-bond donors (Lipinski definition) is 1. The predicted molar refractivity (Wildman–Crippen MR) is 107 cm³/mol. The van der Waals surface area contributed by atoms with Crippen LogP contribution in [-0.4, -0.2) is 51.8 Å². The highest BCUT2D eigenvalue weighted by molar-refractivity contribution is 5.76. The molecule has 0 bridgehead atoms. The van der Waals surface area contributed by atoms with Crippen molar-refractivity contribution in [3.05, 3.63) is 47.0 Å². The summed E-state index contributed by atoms with van der Waals surface area (Å²) in [6, 6.07) is 7.20. The first kappa shape index (κ1) is 18.8. The average molecular weight is 381 g/mol. The molecule has 2 aliphatic rings. The average Bonchev–Trinajstić information content (AvgIpc) is 2.73. The topological polar surface area (TPSA) is 80.1 Å². The van der Waals surface area contributed by atoms with E-state index in [1.807, 2.05) is 12.1 Å². The molecule has 1 atom stereocenters. The van der Waals surface area contributed by atoms with Gasteiger partial charge in [0.1, 0.15) is 0 Å². The molecule has 7 heteroatoms. The SMILES string of the molecule is O=C1CCC(CN2CCC(Cn3nc(-c4ccncc4)ccc3=O)CC2)CN1. The quantitative estimate of drug-likeness (QED) is 0.850. The number of nitrogens with one attached hydrogen (secondary N) is 1. The van der Waals surface area contributed by atoms with E-state index in [4.69, 9.17) is 0 Å². The van der Waals surface area contributed by atoms with E-state index in [1.165, 1.54) is 0 Å². The van der Waals surface area contributed by atoms with E-state index in [0.717, 1.165) is 56.7 Å².